The topological polar surface area (TPSA) is 153 Å². The Hall–Kier alpha value is -2.52. The molecule has 0 aromatic heterocycles. The van der Waals surface area contributed by atoms with Gasteiger partial charge in [-0.15, -0.1) is 0 Å². The van der Waals surface area contributed by atoms with Gasteiger partial charge in [-0.25, -0.2) is 9.59 Å². The summed E-state index contributed by atoms with van der Waals surface area (Å²) >= 11 is 0. The number of aliphatic imine (C=N–C) groups is 2. The maximum atomic E-state index is 11.8. The van der Waals surface area contributed by atoms with Crippen LogP contribution in [0.4, 0.5) is 0 Å². The highest BCUT2D eigenvalue weighted by Gasteiger charge is 2.19. The van der Waals surface area contributed by atoms with Crippen molar-refractivity contribution >= 4 is 23.9 Å². The Morgan fingerprint density at radius 1 is 0.380 bits per heavy atom. The molecule has 294 valence electrons. The monoisotopic (exact) mass is 709 g/mol. The predicted molar refractivity (Wildman–Crippen MR) is 211 cm³/mol. The number of nitrogens with one attached hydrogen (secondary N) is 2. The van der Waals surface area contributed by atoms with Gasteiger partial charge >= 0.3 is 11.9 Å². The summed E-state index contributed by atoms with van der Waals surface area (Å²) in [7, 11) is 0. The van der Waals surface area contributed by atoms with Crippen LogP contribution < -0.4 is 22.4 Å². The van der Waals surface area contributed by atoms with Crippen molar-refractivity contribution < 1.29 is 19.3 Å². The second-order valence-electron chi connectivity index (χ2n) is 14.1. The molecule has 0 amide bonds. The minimum atomic E-state index is -1.27. The Kier molecular flexibility index (Phi) is 37.3. The lowest BCUT2D eigenvalue weighted by molar-refractivity contribution is -0.172. The van der Waals surface area contributed by atoms with E-state index in [1.807, 2.05) is 0 Å². The van der Waals surface area contributed by atoms with E-state index in [0.717, 1.165) is 25.7 Å². The number of hydroxylamine groups is 2. The fourth-order valence-corrected chi connectivity index (χ4v) is 6.06. The highest BCUT2D eigenvalue weighted by molar-refractivity contribution is 6.29. The largest absolute Gasteiger partial charge is 0.443 e. The van der Waals surface area contributed by atoms with Gasteiger partial charge in [0, 0.05) is 13.1 Å². The number of hydrogen-bond donors (Lipinski definition) is 4. The molecule has 0 heterocycles. The summed E-state index contributed by atoms with van der Waals surface area (Å²) in [5, 5.41) is 0. The summed E-state index contributed by atoms with van der Waals surface area (Å²) in [5.41, 5.74) is 15.8. The van der Waals surface area contributed by atoms with Crippen LogP contribution in [0.3, 0.4) is 0 Å². The van der Waals surface area contributed by atoms with E-state index >= 15 is 0 Å². The molecule has 0 rings (SSSR count). The van der Waals surface area contributed by atoms with Gasteiger partial charge in [0.15, 0.2) is 0 Å². The first kappa shape index (κ1) is 47.5. The van der Waals surface area contributed by atoms with E-state index in [0.29, 0.717) is 13.1 Å². The van der Waals surface area contributed by atoms with Crippen LogP contribution >= 0.6 is 0 Å². The van der Waals surface area contributed by atoms with Gasteiger partial charge in [-0.1, -0.05) is 206 Å². The SMILES string of the molecule is CCCCCCCCCCCCCCCCCCN=C(N)NOC(=O)C(=O)ONC(N)=NCCCCCCCCCCCCCCCCCC. The number of unbranched alkanes of at least 4 members (excludes halogenated alkanes) is 30. The third kappa shape index (κ3) is 36.8. The molecule has 0 aromatic rings. The van der Waals surface area contributed by atoms with Gasteiger partial charge in [-0.2, -0.15) is 11.0 Å². The minimum Gasteiger partial charge on any atom is -0.368 e. The first-order chi connectivity index (χ1) is 24.5. The highest BCUT2D eigenvalue weighted by Crippen LogP contribution is 2.15. The molecule has 6 N–H and O–H groups in total. The van der Waals surface area contributed by atoms with Gasteiger partial charge in [0.25, 0.3) is 0 Å². The maximum Gasteiger partial charge on any atom is 0.443 e. The zero-order valence-electron chi connectivity index (χ0n) is 32.7. The molecule has 10 heteroatoms. The second kappa shape index (κ2) is 39.3. The molecule has 0 spiro atoms. The van der Waals surface area contributed by atoms with Gasteiger partial charge in [-0.3, -0.25) is 9.98 Å². The number of rotatable bonds is 34. The molecule has 50 heavy (non-hydrogen) atoms. The Morgan fingerprint density at radius 3 is 0.800 bits per heavy atom. The van der Waals surface area contributed by atoms with Gasteiger partial charge in [0.1, 0.15) is 0 Å². The normalized spacial score (nSPS) is 11.9. The Labute approximate surface area is 307 Å². The molecular weight excluding hydrogens is 628 g/mol. The summed E-state index contributed by atoms with van der Waals surface area (Å²) < 4.78 is 0. The summed E-state index contributed by atoms with van der Waals surface area (Å²) in [4.78, 5) is 41.2. The Bertz CT molecular complexity index is 758. The van der Waals surface area contributed by atoms with E-state index in [4.69, 9.17) is 11.5 Å². The molecule has 0 atom stereocenters. The summed E-state index contributed by atoms with van der Waals surface area (Å²) in [6, 6.07) is 0. The van der Waals surface area contributed by atoms with Crippen LogP contribution in [-0.4, -0.2) is 36.9 Å². The average molecular weight is 709 g/mol. The van der Waals surface area contributed by atoms with Crippen molar-refractivity contribution in [3.63, 3.8) is 0 Å². The predicted octanol–water partition coefficient (Wildman–Crippen LogP) is 10.2. The lowest BCUT2D eigenvalue weighted by Crippen LogP contribution is -2.40. The summed E-state index contributed by atoms with van der Waals surface area (Å²) in [6.45, 7) is 5.58. The molecule has 0 saturated carbocycles. The second-order valence-corrected chi connectivity index (χ2v) is 14.1. The van der Waals surface area contributed by atoms with Crippen LogP contribution in [0.5, 0.6) is 0 Å². The van der Waals surface area contributed by atoms with Crippen LogP contribution in [0.25, 0.3) is 0 Å². The molecule has 0 radical (unpaired) electrons. The zero-order valence-corrected chi connectivity index (χ0v) is 32.7. The lowest BCUT2D eigenvalue weighted by Gasteiger charge is -2.07. The van der Waals surface area contributed by atoms with Crippen molar-refractivity contribution in [3.8, 4) is 0 Å². The Morgan fingerprint density at radius 2 is 0.580 bits per heavy atom. The third-order valence-corrected chi connectivity index (χ3v) is 9.25. The van der Waals surface area contributed by atoms with Gasteiger partial charge in [-0.05, 0) is 12.8 Å². The number of carbonyl (C=O) groups excluding carboxylic acids is 2. The maximum absolute atomic E-state index is 11.8. The van der Waals surface area contributed by atoms with Crippen molar-refractivity contribution in [1.29, 1.82) is 0 Å². The van der Waals surface area contributed by atoms with Crippen molar-refractivity contribution in [2.24, 2.45) is 21.5 Å². The first-order valence-electron chi connectivity index (χ1n) is 21.0. The lowest BCUT2D eigenvalue weighted by atomic mass is 10.0. The smallest absolute Gasteiger partial charge is 0.368 e. The number of hydrogen-bond acceptors (Lipinski definition) is 6. The molecule has 0 unspecified atom stereocenters. The van der Waals surface area contributed by atoms with Crippen molar-refractivity contribution in [1.82, 2.24) is 11.0 Å². The van der Waals surface area contributed by atoms with Crippen LogP contribution in [-0.2, 0) is 19.3 Å². The summed E-state index contributed by atoms with van der Waals surface area (Å²) in [6.07, 6.45) is 41.8. The molecule has 0 aliphatic rings. The van der Waals surface area contributed by atoms with Crippen LogP contribution in [0.1, 0.15) is 219 Å². The fourth-order valence-electron chi connectivity index (χ4n) is 6.06. The molecule has 0 fully saturated rings. The van der Waals surface area contributed by atoms with Crippen LogP contribution in [0.15, 0.2) is 9.98 Å². The van der Waals surface area contributed by atoms with Gasteiger partial charge in [0.2, 0.25) is 11.9 Å². The van der Waals surface area contributed by atoms with E-state index in [2.05, 4.69) is 44.5 Å². The Balaban J connectivity index is 3.58. The average Bonchev–Trinajstić information content (AvgIpc) is 3.12. The quantitative estimate of drug-likeness (QED) is 0.0169. The molecular formula is C40H80N6O4. The molecule has 10 nitrogen and oxygen atoms in total. The van der Waals surface area contributed by atoms with E-state index < -0.39 is 11.9 Å². The van der Waals surface area contributed by atoms with Crippen LogP contribution in [0.2, 0.25) is 0 Å². The van der Waals surface area contributed by atoms with Gasteiger partial charge < -0.3 is 21.1 Å². The third-order valence-electron chi connectivity index (χ3n) is 9.25. The van der Waals surface area contributed by atoms with Crippen molar-refractivity contribution in [2.75, 3.05) is 13.1 Å². The number of carbonyl (C=O) groups is 2. The molecule has 0 saturated heterocycles. The molecule has 0 aromatic carbocycles. The molecule has 0 aliphatic carbocycles. The van der Waals surface area contributed by atoms with Crippen molar-refractivity contribution in [3.05, 3.63) is 0 Å². The number of nitrogens with two attached hydrogens (primary N) is 2. The standard InChI is InChI=1S/C40H80N6O4/c1-3-5-7-9-11-13-15-17-19-21-23-25-27-29-31-33-35-43-39(41)45-49-37(47)38(48)50-46-40(42)44-36-34-32-30-28-26-24-22-20-18-16-14-12-10-8-6-4-2/h3-36H2,1-2H3,(H3,41,43,45)(H3,42,44,46). The zero-order chi connectivity index (χ0) is 36.6. The van der Waals surface area contributed by atoms with E-state index in [1.54, 1.807) is 0 Å². The first-order valence-corrected chi connectivity index (χ1v) is 21.0. The highest BCUT2D eigenvalue weighted by atomic mass is 16.7. The van der Waals surface area contributed by atoms with Crippen LogP contribution in [0, 0.1) is 0 Å². The minimum absolute atomic E-state index is 0.0695. The van der Waals surface area contributed by atoms with E-state index in [-0.39, 0.29) is 11.9 Å². The number of guanidine groups is 2. The molecule has 0 aliphatic heterocycles. The van der Waals surface area contributed by atoms with Crippen molar-refractivity contribution in [2.45, 2.75) is 219 Å². The molecule has 0 bridgehead atoms. The van der Waals surface area contributed by atoms with E-state index in [1.165, 1.54) is 180 Å². The van der Waals surface area contributed by atoms with Gasteiger partial charge in [0.05, 0.1) is 0 Å². The number of nitrogens with zero attached hydrogens (tertiary/aromatic N) is 2. The van der Waals surface area contributed by atoms with E-state index in [9.17, 15) is 9.59 Å². The summed E-state index contributed by atoms with van der Waals surface area (Å²) in [5.74, 6) is -2.69. The fraction of sp³-hybridized carbons (Fsp3) is 0.900.